The minimum Gasteiger partial charge on any atom is -0.497 e. The minimum atomic E-state index is -0.316. The van der Waals surface area contributed by atoms with Gasteiger partial charge in [-0.05, 0) is 31.5 Å². The lowest BCUT2D eigenvalue weighted by Gasteiger charge is -2.36. The zero-order valence-electron chi connectivity index (χ0n) is 20.8. The largest absolute Gasteiger partial charge is 0.497 e. The second-order valence-corrected chi connectivity index (χ2v) is 10.6. The van der Waals surface area contributed by atoms with Crippen LogP contribution in [-0.4, -0.2) is 60.7 Å². The van der Waals surface area contributed by atoms with Crippen molar-refractivity contribution < 1.29 is 18.9 Å². The lowest BCUT2D eigenvalue weighted by molar-refractivity contribution is -0.0396. The van der Waals surface area contributed by atoms with Gasteiger partial charge in [0.1, 0.15) is 33.2 Å². The van der Waals surface area contributed by atoms with Crippen LogP contribution in [0.3, 0.4) is 0 Å². The van der Waals surface area contributed by atoms with Gasteiger partial charge in [0.05, 0.1) is 50.8 Å². The number of methoxy groups -OCH3 is 2. The third-order valence-electron chi connectivity index (χ3n) is 6.89. The van der Waals surface area contributed by atoms with Gasteiger partial charge in [0.15, 0.2) is 0 Å². The van der Waals surface area contributed by atoms with Crippen LogP contribution in [0.2, 0.25) is 0 Å². The van der Waals surface area contributed by atoms with Gasteiger partial charge in [0, 0.05) is 36.5 Å². The molecule has 188 valence electrons. The summed E-state index contributed by atoms with van der Waals surface area (Å²) in [6.07, 6.45) is 2.30. The predicted molar refractivity (Wildman–Crippen MR) is 139 cm³/mol. The van der Waals surface area contributed by atoms with Crippen LogP contribution in [0.5, 0.6) is 11.5 Å². The molecular weight excluding hydrogens is 480 g/mol. The summed E-state index contributed by atoms with van der Waals surface area (Å²) in [7, 11) is 3.17. The second kappa shape index (κ2) is 8.72. The number of hydrogen-bond donors (Lipinski definition) is 0. The fourth-order valence-electron chi connectivity index (χ4n) is 5.04. The van der Waals surface area contributed by atoms with Crippen LogP contribution in [0.15, 0.2) is 29.3 Å². The highest BCUT2D eigenvalue weighted by molar-refractivity contribution is 7.25. The fraction of sp³-hybridized carbons (Fsp3) is 0.423. The molecule has 1 aromatic carbocycles. The summed E-state index contributed by atoms with van der Waals surface area (Å²) < 4.78 is 24.7. The third-order valence-corrected chi connectivity index (χ3v) is 7.95. The molecule has 0 N–H and O–H groups in total. The first kappa shape index (κ1) is 23.2. The minimum absolute atomic E-state index is 0.153. The van der Waals surface area contributed by atoms with E-state index in [0.29, 0.717) is 47.2 Å². The zero-order chi connectivity index (χ0) is 25.0. The van der Waals surface area contributed by atoms with Crippen LogP contribution in [0.4, 0.5) is 5.82 Å². The Kier molecular flexibility index (Phi) is 5.62. The van der Waals surface area contributed by atoms with Crippen molar-refractivity contribution in [2.24, 2.45) is 0 Å². The van der Waals surface area contributed by atoms with Crippen molar-refractivity contribution in [3.63, 3.8) is 0 Å². The molecule has 0 saturated carbocycles. The molecule has 3 aromatic heterocycles. The van der Waals surface area contributed by atoms with Crippen LogP contribution < -0.4 is 19.9 Å². The molecule has 5 heterocycles. The molecule has 10 heteroatoms. The Morgan fingerprint density at radius 1 is 1.11 bits per heavy atom. The van der Waals surface area contributed by atoms with Crippen LogP contribution in [0.25, 0.3) is 26.1 Å². The molecule has 0 bridgehead atoms. The van der Waals surface area contributed by atoms with Gasteiger partial charge in [-0.25, -0.2) is 9.97 Å². The maximum absolute atomic E-state index is 13.8. The molecule has 36 heavy (non-hydrogen) atoms. The summed E-state index contributed by atoms with van der Waals surface area (Å²) in [6.45, 7) is 7.58. The van der Waals surface area contributed by atoms with Gasteiger partial charge in [0.25, 0.3) is 5.56 Å². The average molecular weight is 509 g/mol. The van der Waals surface area contributed by atoms with Crippen LogP contribution in [-0.2, 0) is 22.5 Å². The van der Waals surface area contributed by atoms with Gasteiger partial charge < -0.3 is 23.8 Å². The van der Waals surface area contributed by atoms with E-state index in [9.17, 15) is 4.79 Å². The van der Waals surface area contributed by atoms with E-state index < -0.39 is 0 Å². The Labute approximate surface area is 212 Å². The number of ether oxygens (including phenoxy) is 4. The summed E-state index contributed by atoms with van der Waals surface area (Å²) >= 11 is 1.40. The molecule has 2 aliphatic heterocycles. The second-order valence-electron chi connectivity index (χ2n) is 9.63. The Bertz CT molecular complexity index is 1540. The van der Waals surface area contributed by atoms with Gasteiger partial charge in [0.2, 0.25) is 0 Å². The molecule has 0 unspecified atom stereocenters. The molecule has 0 spiro atoms. The average Bonchev–Trinajstić information content (AvgIpc) is 3.28. The van der Waals surface area contributed by atoms with E-state index in [2.05, 4.69) is 18.7 Å². The molecule has 9 nitrogen and oxygen atoms in total. The number of anilines is 1. The summed E-state index contributed by atoms with van der Waals surface area (Å²) in [5.74, 6) is 2.11. The van der Waals surface area contributed by atoms with Gasteiger partial charge in [-0.1, -0.05) is 0 Å². The highest BCUT2D eigenvalue weighted by Crippen LogP contribution is 2.42. The van der Waals surface area contributed by atoms with Gasteiger partial charge in [-0.15, -0.1) is 11.3 Å². The van der Waals surface area contributed by atoms with Crippen molar-refractivity contribution in [1.29, 1.82) is 0 Å². The number of fused-ring (bicyclic) bond motifs is 5. The number of aromatic nitrogens is 3. The van der Waals surface area contributed by atoms with Crippen molar-refractivity contribution in [3.8, 4) is 17.2 Å². The first-order chi connectivity index (χ1) is 17.4. The molecule has 6 rings (SSSR count). The van der Waals surface area contributed by atoms with Crippen molar-refractivity contribution in [1.82, 2.24) is 14.5 Å². The van der Waals surface area contributed by atoms with Crippen LogP contribution >= 0.6 is 11.3 Å². The van der Waals surface area contributed by atoms with E-state index in [1.165, 1.54) is 21.5 Å². The number of nitrogens with zero attached hydrogens (tertiary/aromatic N) is 4. The SMILES string of the molecule is COc1ccc(-n2cnc3c(sc4nc(N5CCOCC5)c5c(c43)CC(C)(C)OC5)c2=O)c(OC)c1. The molecule has 0 amide bonds. The maximum Gasteiger partial charge on any atom is 0.276 e. The highest BCUT2D eigenvalue weighted by atomic mass is 32.1. The number of thiophene rings is 1. The van der Waals surface area contributed by atoms with Gasteiger partial charge in [-0.3, -0.25) is 9.36 Å². The lowest BCUT2D eigenvalue weighted by Crippen LogP contribution is -2.39. The predicted octanol–water partition coefficient (Wildman–Crippen LogP) is 3.70. The summed E-state index contributed by atoms with van der Waals surface area (Å²) in [5, 5.41) is 0.962. The van der Waals surface area contributed by atoms with Gasteiger partial charge >= 0.3 is 0 Å². The molecule has 2 aliphatic rings. The van der Waals surface area contributed by atoms with E-state index in [-0.39, 0.29) is 11.2 Å². The molecule has 0 aliphatic carbocycles. The zero-order valence-corrected chi connectivity index (χ0v) is 21.6. The van der Waals surface area contributed by atoms with Crippen LogP contribution in [0, 0.1) is 0 Å². The fourth-order valence-corrected chi connectivity index (χ4v) is 6.12. The van der Waals surface area contributed by atoms with Crippen molar-refractivity contribution in [2.45, 2.75) is 32.5 Å². The number of rotatable bonds is 4. The molecule has 1 saturated heterocycles. The summed E-state index contributed by atoms with van der Waals surface area (Å²) in [5.41, 5.74) is 3.09. The molecule has 4 aromatic rings. The van der Waals surface area contributed by atoms with Crippen LogP contribution in [0.1, 0.15) is 25.0 Å². The van der Waals surface area contributed by atoms with E-state index in [1.807, 2.05) is 0 Å². The quantitative estimate of drug-likeness (QED) is 0.412. The van der Waals surface area contributed by atoms with Crippen molar-refractivity contribution in [3.05, 3.63) is 46.0 Å². The van der Waals surface area contributed by atoms with E-state index in [1.54, 1.807) is 38.7 Å². The molecule has 0 radical (unpaired) electrons. The first-order valence-corrected chi connectivity index (χ1v) is 12.8. The topological polar surface area (TPSA) is 87.9 Å². The Balaban J connectivity index is 1.59. The number of benzene rings is 1. The number of pyridine rings is 1. The van der Waals surface area contributed by atoms with E-state index >= 15 is 0 Å². The Morgan fingerprint density at radius 2 is 1.92 bits per heavy atom. The Hall–Kier alpha value is -3.21. The normalized spacial score (nSPS) is 17.4. The lowest BCUT2D eigenvalue weighted by atomic mass is 9.90. The maximum atomic E-state index is 13.8. The number of hydrogen-bond acceptors (Lipinski definition) is 9. The summed E-state index contributed by atoms with van der Waals surface area (Å²) in [6, 6.07) is 5.36. The van der Waals surface area contributed by atoms with Crippen molar-refractivity contribution in [2.75, 3.05) is 45.4 Å². The summed E-state index contributed by atoms with van der Waals surface area (Å²) in [4.78, 5) is 26.7. The monoisotopic (exact) mass is 508 g/mol. The first-order valence-electron chi connectivity index (χ1n) is 11.9. The van der Waals surface area contributed by atoms with E-state index in [0.717, 1.165) is 41.1 Å². The molecule has 1 fully saturated rings. The Morgan fingerprint density at radius 3 is 2.67 bits per heavy atom. The smallest absolute Gasteiger partial charge is 0.276 e. The number of morpholine rings is 1. The molecule has 0 atom stereocenters. The molecular formula is C26H28N4O5S. The third kappa shape index (κ3) is 3.71. The van der Waals surface area contributed by atoms with Gasteiger partial charge in [-0.2, -0.15) is 0 Å². The standard InChI is InChI=1S/C26H28N4O5S/c1-26(2)12-16-17(13-35-26)23(29-7-9-34-10-8-29)28-24-20(16)21-22(36-24)25(31)30(14-27-21)18-6-5-15(32-3)11-19(18)33-4/h5-6,11,14H,7-10,12-13H2,1-4H3. The van der Waals surface area contributed by atoms with E-state index in [4.69, 9.17) is 28.9 Å². The van der Waals surface area contributed by atoms with Crippen molar-refractivity contribution >= 4 is 37.6 Å². The highest BCUT2D eigenvalue weighted by Gasteiger charge is 2.33.